The Morgan fingerprint density at radius 1 is 0.314 bits per heavy atom. The van der Waals surface area contributed by atoms with E-state index >= 15 is 0 Å². The third kappa shape index (κ3) is 71.4. The summed E-state index contributed by atoms with van der Waals surface area (Å²) in [5.74, 6) is -0.0451. The van der Waals surface area contributed by atoms with Crippen molar-refractivity contribution in [3.05, 3.63) is 24.3 Å². The topological polar surface area (TPSA) is 95.9 Å². The number of rotatable bonds is 75. The Morgan fingerprint density at radius 2 is 0.547 bits per heavy atom. The second-order valence-corrected chi connectivity index (χ2v) is 27.4. The first kappa shape index (κ1) is 84.3. The van der Waals surface area contributed by atoms with Crippen LogP contribution in [0.5, 0.6) is 0 Å². The first-order valence-corrected chi connectivity index (χ1v) is 39.6. The number of allylic oxidation sites excluding steroid dienone is 3. The minimum atomic E-state index is -0.845. The van der Waals surface area contributed by atoms with Crippen LogP contribution in [0.2, 0.25) is 0 Å². The maximum absolute atomic E-state index is 12.6. The van der Waals surface area contributed by atoms with E-state index in [0.717, 1.165) is 44.9 Å². The zero-order valence-electron chi connectivity index (χ0n) is 58.6. The second-order valence-electron chi connectivity index (χ2n) is 27.4. The molecule has 6 heteroatoms. The molecule has 86 heavy (non-hydrogen) atoms. The highest BCUT2D eigenvalue weighted by Crippen LogP contribution is 2.20. The van der Waals surface area contributed by atoms with Crippen molar-refractivity contribution < 1.29 is 24.5 Å². The highest BCUT2D eigenvalue weighted by atomic mass is 16.5. The van der Waals surface area contributed by atoms with Gasteiger partial charge in [0, 0.05) is 12.8 Å². The van der Waals surface area contributed by atoms with Gasteiger partial charge in [0.15, 0.2) is 0 Å². The van der Waals surface area contributed by atoms with E-state index in [9.17, 15) is 19.8 Å². The molecule has 0 spiro atoms. The fourth-order valence-corrected chi connectivity index (χ4v) is 12.7. The third-order valence-corrected chi connectivity index (χ3v) is 18.7. The average Bonchev–Trinajstić information content (AvgIpc) is 3.56. The minimum Gasteiger partial charge on any atom is -0.466 e. The van der Waals surface area contributed by atoms with Crippen LogP contribution in [0.3, 0.4) is 0 Å². The Balaban J connectivity index is 3.37. The van der Waals surface area contributed by atoms with Crippen LogP contribution in [-0.4, -0.2) is 47.4 Å². The van der Waals surface area contributed by atoms with Crippen molar-refractivity contribution in [2.75, 3.05) is 13.2 Å². The van der Waals surface area contributed by atoms with E-state index in [-0.39, 0.29) is 18.5 Å². The Kier molecular flexibility index (Phi) is 74.3. The maximum atomic E-state index is 12.6. The van der Waals surface area contributed by atoms with Gasteiger partial charge in [-0.1, -0.05) is 404 Å². The first-order chi connectivity index (χ1) is 42.5. The lowest BCUT2D eigenvalue weighted by atomic mass is 10.0. The normalized spacial score (nSPS) is 12.6. The highest BCUT2D eigenvalue weighted by Gasteiger charge is 2.18. The summed E-state index contributed by atoms with van der Waals surface area (Å²) in [5, 5.41) is 23.3. The molecule has 0 saturated heterocycles. The molecule has 0 fully saturated rings. The molecule has 0 aromatic rings. The Morgan fingerprint density at radius 3 is 0.826 bits per heavy atom. The van der Waals surface area contributed by atoms with Crippen LogP contribution < -0.4 is 5.32 Å². The van der Waals surface area contributed by atoms with E-state index in [1.807, 2.05) is 6.08 Å². The molecule has 0 aliphatic rings. The number of esters is 1. The predicted molar refractivity (Wildman–Crippen MR) is 380 cm³/mol. The van der Waals surface area contributed by atoms with Gasteiger partial charge in [-0.3, -0.25) is 9.59 Å². The van der Waals surface area contributed by atoms with Crippen LogP contribution in [0.1, 0.15) is 450 Å². The number of carbonyl (C=O) groups is 2. The lowest BCUT2D eigenvalue weighted by molar-refractivity contribution is -0.143. The van der Waals surface area contributed by atoms with Crippen LogP contribution in [0.15, 0.2) is 24.3 Å². The van der Waals surface area contributed by atoms with Crippen molar-refractivity contribution in [2.45, 2.75) is 463 Å². The molecule has 2 unspecified atom stereocenters. The average molecular weight is 1210 g/mol. The van der Waals surface area contributed by atoms with E-state index < -0.39 is 12.1 Å². The summed E-state index contributed by atoms with van der Waals surface area (Å²) in [7, 11) is 0. The zero-order chi connectivity index (χ0) is 62.0. The summed E-state index contributed by atoms with van der Waals surface area (Å²) >= 11 is 0. The van der Waals surface area contributed by atoms with Gasteiger partial charge in [-0.25, -0.2) is 0 Å². The Hall–Kier alpha value is -1.66. The smallest absolute Gasteiger partial charge is 0.305 e. The van der Waals surface area contributed by atoms with Crippen LogP contribution >= 0.6 is 0 Å². The Labute approximate surface area is 539 Å². The standard InChI is InChI=1S/C80H155NO5/c1-3-5-7-9-11-13-15-17-19-21-23-24-25-28-31-34-37-40-44-48-52-56-60-64-68-72-78(83)77(76-82)81-79(84)73-69-65-61-57-53-49-45-41-38-35-32-29-26-27-30-33-36-39-43-47-51-55-59-63-67-71-75-86-80(85)74-70-66-62-58-54-50-46-42-22-20-18-16-14-12-10-8-6-4-2/h20,22,68,72,77-78,82-83H,3-19,21,23-67,69-71,73-76H2,1-2H3,(H,81,84)/b22-20-,72-68+. The third-order valence-electron chi connectivity index (χ3n) is 18.7. The summed E-state index contributed by atoms with van der Waals surface area (Å²) in [5.41, 5.74) is 0. The molecule has 0 bridgehead atoms. The lowest BCUT2D eigenvalue weighted by Crippen LogP contribution is -2.45. The quantitative estimate of drug-likeness (QED) is 0.0320. The van der Waals surface area contributed by atoms with Crippen molar-refractivity contribution in [1.29, 1.82) is 0 Å². The van der Waals surface area contributed by atoms with E-state index in [2.05, 4.69) is 31.3 Å². The molecule has 0 heterocycles. The van der Waals surface area contributed by atoms with Crippen LogP contribution in [-0.2, 0) is 14.3 Å². The molecule has 2 atom stereocenters. The molecule has 0 radical (unpaired) electrons. The number of amides is 1. The molecule has 0 aliphatic heterocycles. The van der Waals surface area contributed by atoms with Crippen LogP contribution in [0.25, 0.3) is 0 Å². The summed E-state index contributed by atoms with van der Waals surface area (Å²) in [6.45, 7) is 4.95. The molecular formula is C80H155NO5. The van der Waals surface area contributed by atoms with Crippen molar-refractivity contribution in [2.24, 2.45) is 0 Å². The van der Waals surface area contributed by atoms with Gasteiger partial charge >= 0.3 is 5.97 Å². The molecule has 0 rings (SSSR count). The van der Waals surface area contributed by atoms with Gasteiger partial charge in [0.05, 0.1) is 25.4 Å². The number of unbranched alkanes of at least 4 members (excludes halogenated alkanes) is 62. The molecule has 0 aromatic carbocycles. The maximum Gasteiger partial charge on any atom is 0.305 e. The number of aliphatic hydroxyl groups is 2. The van der Waals surface area contributed by atoms with Crippen molar-refractivity contribution in [3.63, 3.8) is 0 Å². The van der Waals surface area contributed by atoms with Gasteiger partial charge in [0.25, 0.3) is 0 Å². The number of hydrogen-bond acceptors (Lipinski definition) is 5. The summed E-state index contributed by atoms with van der Waals surface area (Å²) in [6, 6.07) is -0.628. The molecule has 0 aliphatic carbocycles. The summed E-state index contributed by atoms with van der Waals surface area (Å²) in [6.07, 6.45) is 97.2. The van der Waals surface area contributed by atoms with E-state index in [1.54, 1.807) is 6.08 Å². The summed E-state index contributed by atoms with van der Waals surface area (Å²) in [4.78, 5) is 24.7. The van der Waals surface area contributed by atoms with E-state index in [4.69, 9.17) is 4.74 Å². The molecule has 510 valence electrons. The van der Waals surface area contributed by atoms with Gasteiger partial charge < -0.3 is 20.3 Å². The van der Waals surface area contributed by atoms with Gasteiger partial charge in [-0.05, 0) is 57.8 Å². The number of carbonyl (C=O) groups excluding carboxylic acids is 2. The van der Waals surface area contributed by atoms with E-state index in [0.29, 0.717) is 19.4 Å². The minimum absolute atomic E-state index is 0.0152. The monoisotopic (exact) mass is 1210 g/mol. The van der Waals surface area contributed by atoms with Gasteiger partial charge in [-0.15, -0.1) is 0 Å². The molecule has 3 N–H and O–H groups in total. The molecular weight excluding hydrogens is 1050 g/mol. The zero-order valence-corrected chi connectivity index (χ0v) is 58.6. The highest BCUT2D eigenvalue weighted by molar-refractivity contribution is 5.76. The number of aliphatic hydroxyl groups excluding tert-OH is 2. The molecule has 6 nitrogen and oxygen atoms in total. The molecule has 0 saturated carbocycles. The predicted octanol–water partition coefficient (Wildman–Crippen LogP) is 26.0. The van der Waals surface area contributed by atoms with E-state index in [1.165, 1.54) is 379 Å². The Bertz CT molecular complexity index is 1350. The van der Waals surface area contributed by atoms with Gasteiger partial charge in [-0.2, -0.15) is 0 Å². The van der Waals surface area contributed by atoms with Gasteiger partial charge in [0.1, 0.15) is 0 Å². The van der Waals surface area contributed by atoms with Crippen LogP contribution in [0.4, 0.5) is 0 Å². The molecule has 0 aromatic heterocycles. The number of ether oxygens (including phenoxy) is 1. The van der Waals surface area contributed by atoms with Crippen molar-refractivity contribution >= 4 is 11.9 Å². The number of hydrogen-bond donors (Lipinski definition) is 3. The second kappa shape index (κ2) is 75.8. The SMILES string of the molecule is CCCCCCCCC/C=C\CCCCCCCCCC(=O)OCCCCCCCCCCCCCCCCCCCCCCCCCCCCC(=O)NC(CO)C(O)/C=C/CCCCCCCCCCCCCCCCCCCCCCCCC. The largest absolute Gasteiger partial charge is 0.466 e. The van der Waals surface area contributed by atoms with Crippen molar-refractivity contribution in [1.82, 2.24) is 5.32 Å². The lowest BCUT2D eigenvalue weighted by Gasteiger charge is -2.20. The number of nitrogens with one attached hydrogen (secondary N) is 1. The van der Waals surface area contributed by atoms with Crippen molar-refractivity contribution in [3.8, 4) is 0 Å². The molecule has 1 amide bonds. The van der Waals surface area contributed by atoms with Crippen LogP contribution in [0, 0.1) is 0 Å². The fraction of sp³-hybridized carbons (Fsp3) is 0.925. The fourth-order valence-electron chi connectivity index (χ4n) is 12.7. The first-order valence-electron chi connectivity index (χ1n) is 39.6. The summed E-state index contributed by atoms with van der Waals surface area (Å²) < 4.78 is 5.51. The van der Waals surface area contributed by atoms with Gasteiger partial charge in [0.2, 0.25) is 5.91 Å².